The van der Waals surface area contributed by atoms with Crippen LogP contribution in [0.4, 0.5) is 22.7 Å². The van der Waals surface area contributed by atoms with Gasteiger partial charge in [-0.05, 0) is 44.2 Å². The maximum atomic E-state index is 10.8. The van der Waals surface area contributed by atoms with Crippen LogP contribution in [-0.4, -0.2) is 78.4 Å². The molecular formula is C21H29ClN5O7S-. The summed E-state index contributed by atoms with van der Waals surface area (Å²) in [5, 5.41) is 28.9. The molecule has 1 N–H and O–H groups in total. The molecule has 0 amide bonds. The monoisotopic (exact) mass is 530 g/mol. The molecular weight excluding hydrogens is 502 g/mol. The number of nitro groups is 1. The minimum atomic E-state index is -5.17. The van der Waals surface area contributed by atoms with Gasteiger partial charge in [0.1, 0.15) is 18.3 Å². The molecule has 2 aromatic rings. The van der Waals surface area contributed by atoms with Gasteiger partial charge in [-0.1, -0.05) is 11.6 Å². The van der Waals surface area contributed by atoms with Crippen LogP contribution in [0, 0.1) is 10.1 Å². The molecule has 0 aliphatic rings. The summed E-state index contributed by atoms with van der Waals surface area (Å²) >= 11 is 6.05. The second-order valence-electron chi connectivity index (χ2n) is 8.29. The van der Waals surface area contributed by atoms with Gasteiger partial charge in [0.15, 0.2) is 0 Å². The number of likely N-dealkylation sites (N-methyl/N-ethyl adjacent to an activating group) is 2. The summed E-state index contributed by atoms with van der Waals surface area (Å²) in [5.74, 6) is 0. The lowest BCUT2D eigenvalue weighted by Gasteiger charge is -2.34. The Hall–Kier alpha value is -2.68. The Morgan fingerprint density at radius 2 is 1.71 bits per heavy atom. The number of nitro benzene ring substituents is 1. The summed E-state index contributed by atoms with van der Waals surface area (Å²) in [6.45, 7) is 7.29. The van der Waals surface area contributed by atoms with Crippen LogP contribution >= 0.6 is 11.6 Å². The molecule has 0 saturated carbocycles. The maximum Gasteiger partial charge on any atom is 0.271 e. The molecule has 0 radical (unpaired) electrons. The highest BCUT2D eigenvalue weighted by atomic mass is 35.5. The lowest BCUT2D eigenvalue weighted by atomic mass is 10.2. The summed E-state index contributed by atoms with van der Waals surface area (Å²) in [4.78, 5) is 12.5. The van der Waals surface area contributed by atoms with E-state index in [1.165, 1.54) is 18.2 Å². The molecule has 14 heteroatoms. The second kappa shape index (κ2) is 13.4. The van der Waals surface area contributed by atoms with Gasteiger partial charge in [-0.25, -0.2) is 0 Å². The Balaban J connectivity index is 0.00000111. The number of rotatable bonds is 10. The van der Waals surface area contributed by atoms with Crippen molar-refractivity contribution in [2.75, 3.05) is 45.2 Å². The molecule has 35 heavy (non-hydrogen) atoms. The van der Waals surface area contributed by atoms with Crippen molar-refractivity contribution >= 4 is 44.7 Å². The van der Waals surface area contributed by atoms with Gasteiger partial charge in [0.25, 0.3) is 5.69 Å². The van der Waals surface area contributed by atoms with E-state index in [2.05, 4.69) is 36.1 Å². The fourth-order valence-electron chi connectivity index (χ4n) is 3.20. The number of non-ortho nitro benzene ring substituents is 1. The molecule has 12 nitrogen and oxygen atoms in total. The van der Waals surface area contributed by atoms with Crippen LogP contribution in [0.3, 0.4) is 0 Å². The summed E-state index contributed by atoms with van der Waals surface area (Å²) in [6, 6.07) is 11.8. The Morgan fingerprint density at radius 1 is 1.14 bits per heavy atom. The number of hydrogen-bond acceptors (Lipinski definition) is 10. The molecule has 194 valence electrons. The highest BCUT2D eigenvalue weighted by molar-refractivity contribution is 7.79. The van der Waals surface area contributed by atoms with E-state index in [0.29, 0.717) is 17.9 Å². The number of hydrogen-bond donors (Lipinski definition) is 1. The van der Waals surface area contributed by atoms with E-state index in [4.69, 9.17) is 29.1 Å². The zero-order chi connectivity index (χ0) is 26.8. The summed E-state index contributed by atoms with van der Waals surface area (Å²) in [6.07, 6.45) is -0.330. The summed E-state index contributed by atoms with van der Waals surface area (Å²) in [7, 11) is -0.930. The zero-order valence-electron chi connectivity index (χ0n) is 19.9. The van der Waals surface area contributed by atoms with Crippen molar-refractivity contribution in [3.8, 4) is 0 Å². The van der Waals surface area contributed by atoms with Gasteiger partial charge in [0.2, 0.25) is 0 Å². The smallest absolute Gasteiger partial charge is 0.271 e. The predicted molar refractivity (Wildman–Crippen MR) is 131 cm³/mol. The lowest BCUT2D eigenvalue weighted by molar-refractivity contribution is -0.891. The van der Waals surface area contributed by atoms with Crippen LogP contribution in [0.2, 0.25) is 5.02 Å². The summed E-state index contributed by atoms with van der Waals surface area (Å²) in [5.41, 5.74) is 2.04. The third-order valence-corrected chi connectivity index (χ3v) is 5.05. The second-order valence-corrected chi connectivity index (χ2v) is 9.51. The normalized spacial score (nSPS) is 12.7. The molecule has 0 saturated heterocycles. The fraction of sp³-hybridized carbons (Fsp3) is 0.429. The number of aliphatic hydroxyl groups excluding tert-OH is 1. The number of aliphatic hydroxyl groups is 1. The van der Waals surface area contributed by atoms with Gasteiger partial charge >= 0.3 is 0 Å². The molecule has 1 unspecified atom stereocenters. The first-order valence-electron chi connectivity index (χ1n) is 10.5. The number of anilines is 1. The fourth-order valence-corrected chi connectivity index (χ4v) is 3.41. The largest absolute Gasteiger partial charge is 0.759 e. The topological polar surface area (TPSA) is 172 Å². The van der Waals surface area contributed by atoms with E-state index in [-0.39, 0.29) is 16.8 Å². The van der Waals surface area contributed by atoms with Gasteiger partial charge in [0, 0.05) is 34.8 Å². The van der Waals surface area contributed by atoms with Crippen molar-refractivity contribution in [1.29, 1.82) is 0 Å². The van der Waals surface area contributed by atoms with E-state index >= 15 is 0 Å². The first-order chi connectivity index (χ1) is 16.1. The first-order valence-corrected chi connectivity index (χ1v) is 12.2. The summed E-state index contributed by atoms with van der Waals surface area (Å²) < 4.78 is 34.8. The number of nitrogens with zero attached hydrogens (tertiary/aromatic N) is 5. The Morgan fingerprint density at radius 3 is 2.17 bits per heavy atom. The van der Waals surface area contributed by atoms with Gasteiger partial charge in [-0.3, -0.25) is 18.5 Å². The van der Waals surface area contributed by atoms with Crippen LogP contribution in [-0.2, 0) is 10.4 Å². The quantitative estimate of drug-likeness (QED) is 0.121. The van der Waals surface area contributed by atoms with Gasteiger partial charge in [-0.2, -0.15) is 5.11 Å². The van der Waals surface area contributed by atoms with Crippen LogP contribution < -0.4 is 4.90 Å². The van der Waals surface area contributed by atoms with Gasteiger partial charge in [0.05, 0.1) is 42.8 Å². The maximum absolute atomic E-state index is 10.8. The van der Waals surface area contributed by atoms with Crippen LogP contribution in [0.1, 0.15) is 13.8 Å². The van der Waals surface area contributed by atoms with E-state index in [9.17, 15) is 15.2 Å². The number of benzene rings is 2. The van der Waals surface area contributed by atoms with Crippen LogP contribution in [0.25, 0.3) is 0 Å². The van der Waals surface area contributed by atoms with Crippen LogP contribution in [0.5, 0.6) is 0 Å². The molecule has 0 heterocycles. The molecule has 0 aromatic heterocycles. The molecule has 0 spiro atoms. The third-order valence-electron chi connectivity index (χ3n) is 4.75. The predicted octanol–water partition coefficient (Wildman–Crippen LogP) is 3.61. The standard InChI is InChI=1S/C21H29ClN5O3.H2O4S/c1-5-25(12-13-27(3,4)15-16(2)28)18-8-6-17(7-9-18)23-24-21-11-10-19(26(29)30)14-20(21)22;1-5(2,3)4/h6-11,14,16,28H,5,12-13,15H2,1-4H3;(H2,1,2,3,4)/q+1;/p-2. The van der Waals surface area contributed by atoms with Gasteiger partial charge in [-0.15, -0.1) is 5.11 Å². The molecule has 2 aromatic carbocycles. The van der Waals surface area contributed by atoms with Crippen molar-refractivity contribution < 1.29 is 32.0 Å². The molecule has 0 fully saturated rings. The average Bonchev–Trinajstić information content (AvgIpc) is 2.72. The Kier molecular flexibility index (Phi) is 11.6. The van der Waals surface area contributed by atoms with Crippen molar-refractivity contribution in [3.05, 3.63) is 57.6 Å². The molecule has 2 rings (SSSR count). The minimum absolute atomic E-state index is 0.0850. The Bertz CT molecular complexity index is 1100. The van der Waals surface area contributed by atoms with Gasteiger partial charge < -0.3 is 23.6 Å². The van der Waals surface area contributed by atoms with E-state index < -0.39 is 15.3 Å². The highest BCUT2D eigenvalue weighted by Crippen LogP contribution is 2.30. The average molecular weight is 531 g/mol. The zero-order valence-corrected chi connectivity index (χ0v) is 21.4. The number of halogens is 1. The third kappa shape index (κ3) is 12.5. The van der Waals surface area contributed by atoms with Crippen molar-refractivity contribution in [2.45, 2.75) is 20.0 Å². The minimum Gasteiger partial charge on any atom is -0.759 e. The van der Waals surface area contributed by atoms with Crippen LogP contribution in [0.15, 0.2) is 52.7 Å². The van der Waals surface area contributed by atoms with E-state index in [1.54, 1.807) is 0 Å². The van der Waals surface area contributed by atoms with Crippen molar-refractivity contribution in [2.24, 2.45) is 10.2 Å². The lowest BCUT2D eigenvalue weighted by Crippen LogP contribution is -2.49. The van der Waals surface area contributed by atoms with E-state index in [1.807, 2.05) is 31.2 Å². The SMILES string of the molecule is CCN(CC[N+](C)(C)CC(C)O)c1ccc(N=Nc2ccc([N+](=O)[O-])cc2Cl)cc1.O=S(=O)([O-])[O-]. The molecule has 0 aliphatic heterocycles. The number of quaternary nitrogens is 1. The number of azo groups is 1. The Labute approximate surface area is 209 Å². The molecule has 1 atom stereocenters. The molecule has 0 aliphatic carbocycles. The first kappa shape index (κ1) is 30.4. The van der Waals surface area contributed by atoms with Crippen molar-refractivity contribution in [3.63, 3.8) is 0 Å². The van der Waals surface area contributed by atoms with E-state index in [0.717, 1.165) is 29.8 Å². The highest BCUT2D eigenvalue weighted by Gasteiger charge is 2.19. The van der Waals surface area contributed by atoms with Crippen molar-refractivity contribution in [1.82, 2.24) is 0 Å². The molecule has 0 bridgehead atoms.